The highest BCUT2D eigenvalue weighted by Crippen LogP contribution is 2.13. The lowest BCUT2D eigenvalue weighted by Crippen LogP contribution is -1.94. The number of rotatable bonds is 7. The van der Waals surface area contributed by atoms with Gasteiger partial charge in [-0.1, -0.05) is 43.7 Å². The molecule has 1 heteroatoms. The molecule has 0 aliphatic carbocycles. The monoisotopic (exact) mass is 253 g/mol. The van der Waals surface area contributed by atoms with Crippen molar-refractivity contribution in [1.29, 1.82) is 0 Å². The van der Waals surface area contributed by atoms with Gasteiger partial charge in [0.1, 0.15) is 0 Å². The van der Waals surface area contributed by atoms with Gasteiger partial charge >= 0.3 is 0 Å². The van der Waals surface area contributed by atoms with E-state index in [1.54, 1.807) is 0 Å². The van der Waals surface area contributed by atoms with E-state index in [0.717, 1.165) is 6.42 Å². The van der Waals surface area contributed by atoms with Crippen LogP contribution in [0.5, 0.6) is 0 Å². The van der Waals surface area contributed by atoms with E-state index < -0.39 is 0 Å². The van der Waals surface area contributed by atoms with Crippen LogP contribution in [0.25, 0.3) is 0 Å². The van der Waals surface area contributed by atoms with Crippen molar-refractivity contribution < 1.29 is 0 Å². The van der Waals surface area contributed by atoms with Gasteiger partial charge in [-0.05, 0) is 54.9 Å². The zero-order valence-corrected chi connectivity index (χ0v) is 11.8. The first-order valence-corrected chi connectivity index (χ1v) is 7.36. The Morgan fingerprint density at radius 1 is 0.842 bits per heavy atom. The number of hydrogen-bond donors (Lipinski definition) is 0. The van der Waals surface area contributed by atoms with Crippen LogP contribution < -0.4 is 0 Å². The smallest absolute Gasteiger partial charge is 0.0302 e. The SMILES string of the molecule is CCc1cnccc1CCCCCc1ccccc1. The van der Waals surface area contributed by atoms with E-state index in [1.165, 1.54) is 48.8 Å². The Kier molecular flexibility index (Phi) is 5.61. The van der Waals surface area contributed by atoms with Crippen LogP contribution in [0.2, 0.25) is 0 Å². The maximum atomic E-state index is 4.20. The molecule has 19 heavy (non-hydrogen) atoms. The molecule has 0 aliphatic heterocycles. The Morgan fingerprint density at radius 3 is 2.42 bits per heavy atom. The first-order valence-electron chi connectivity index (χ1n) is 7.36. The molecule has 0 radical (unpaired) electrons. The van der Waals surface area contributed by atoms with Gasteiger partial charge in [0.05, 0.1) is 0 Å². The zero-order chi connectivity index (χ0) is 13.3. The minimum absolute atomic E-state index is 1.09. The molecule has 0 spiro atoms. The number of pyridine rings is 1. The Labute approximate surface area is 116 Å². The molecule has 0 bridgehead atoms. The number of aromatic nitrogens is 1. The molecule has 2 aromatic rings. The third-order valence-electron chi connectivity index (χ3n) is 3.64. The van der Waals surface area contributed by atoms with E-state index in [0.29, 0.717) is 0 Å². The summed E-state index contributed by atoms with van der Waals surface area (Å²) in [7, 11) is 0. The minimum Gasteiger partial charge on any atom is -0.264 e. The summed E-state index contributed by atoms with van der Waals surface area (Å²) in [5.41, 5.74) is 4.35. The number of aryl methyl sites for hydroxylation is 3. The molecule has 0 atom stereocenters. The highest BCUT2D eigenvalue weighted by Gasteiger charge is 2.00. The van der Waals surface area contributed by atoms with Crippen molar-refractivity contribution in [3.05, 3.63) is 65.5 Å². The van der Waals surface area contributed by atoms with E-state index in [9.17, 15) is 0 Å². The van der Waals surface area contributed by atoms with Crippen molar-refractivity contribution in [2.45, 2.75) is 45.4 Å². The van der Waals surface area contributed by atoms with Crippen LogP contribution in [0.3, 0.4) is 0 Å². The molecule has 0 amide bonds. The zero-order valence-electron chi connectivity index (χ0n) is 11.8. The number of hydrogen-bond acceptors (Lipinski definition) is 1. The van der Waals surface area contributed by atoms with Crippen LogP contribution in [0.4, 0.5) is 0 Å². The van der Waals surface area contributed by atoms with E-state index in [4.69, 9.17) is 0 Å². The molecule has 1 aromatic carbocycles. The van der Waals surface area contributed by atoms with Crippen molar-refractivity contribution >= 4 is 0 Å². The summed E-state index contributed by atoms with van der Waals surface area (Å²) in [5, 5.41) is 0. The van der Waals surface area contributed by atoms with Crippen LogP contribution >= 0.6 is 0 Å². The van der Waals surface area contributed by atoms with Gasteiger partial charge in [-0.25, -0.2) is 0 Å². The second-order valence-electron chi connectivity index (χ2n) is 5.04. The third kappa shape index (κ3) is 4.51. The van der Waals surface area contributed by atoms with Gasteiger partial charge in [-0.2, -0.15) is 0 Å². The van der Waals surface area contributed by atoms with Crippen LogP contribution in [-0.4, -0.2) is 4.98 Å². The summed E-state index contributed by atoms with van der Waals surface area (Å²) in [6.07, 6.45) is 11.3. The van der Waals surface area contributed by atoms with Gasteiger partial charge in [0.25, 0.3) is 0 Å². The van der Waals surface area contributed by atoms with Gasteiger partial charge < -0.3 is 0 Å². The van der Waals surface area contributed by atoms with Gasteiger partial charge in [-0.3, -0.25) is 4.98 Å². The fourth-order valence-corrected chi connectivity index (χ4v) is 2.48. The van der Waals surface area contributed by atoms with Crippen LogP contribution in [0, 0.1) is 0 Å². The lowest BCUT2D eigenvalue weighted by atomic mass is 10.0. The van der Waals surface area contributed by atoms with Crippen LogP contribution in [0.15, 0.2) is 48.8 Å². The fraction of sp³-hybridized carbons (Fsp3) is 0.389. The van der Waals surface area contributed by atoms with Gasteiger partial charge in [0.2, 0.25) is 0 Å². The minimum atomic E-state index is 1.09. The Morgan fingerprint density at radius 2 is 1.63 bits per heavy atom. The van der Waals surface area contributed by atoms with Crippen molar-refractivity contribution in [3.8, 4) is 0 Å². The molecular weight excluding hydrogens is 230 g/mol. The van der Waals surface area contributed by atoms with Gasteiger partial charge in [0.15, 0.2) is 0 Å². The summed E-state index contributed by atoms with van der Waals surface area (Å²) in [6.45, 7) is 2.20. The van der Waals surface area contributed by atoms with Gasteiger partial charge in [-0.15, -0.1) is 0 Å². The highest BCUT2D eigenvalue weighted by atomic mass is 14.6. The summed E-state index contributed by atoms with van der Waals surface area (Å²) in [4.78, 5) is 4.20. The van der Waals surface area contributed by atoms with E-state index >= 15 is 0 Å². The molecular formula is C18H23N. The second-order valence-corrected chi connectivity index (χ2v) is 5.04. The molecule has 0 N–H and O–H groups in total. The fourth-order valence-electron chi connectivity index (χ4n) is 2.48. The predicted octanol–water partition coefficient (Wildman–Crippen LogP) is 4.60. The number of nitrogens with zero attached hydrogens (tertiary/aromatic N) is 1. The third-order valence-corrected chi connectivity index (χ3v) is 3.64. The lowest BCUT2D eigenvalue weighted by Gasteiger charge is -2.07. The Hall–Kier alpha value is -1.63. The normalized spacial score (nSPS) is 10.6. The summed E-state index contributed by atoms with van der Waals surface area (Å²) < 4.78 is 0. The average molecular weight is 253 g/mol. The van der Waals surface area contributed by atoms with Crippen molar-refractivity contribution in [2.75, 3.05) is 0 Å². The van der Waals surface area contributed by atoms with Crippen molar-refractivity contribution in [2.24, 2.45) is 0 Å². The van der Waals surface area contributed by atoms with Crippen molar-refractivity contribution in [3.63, 3.8) is 0 Å². The Bertz CT molecular complexity index is 476. The molecule has 0 unspecified atom stereocenters. The van der Waals surface area contributed by atoms with E-state index in [-0.39, 0.29) is 0 Å². The van der Waals surface area contributed by atoms with Crippen LogP contribution in [0.1, 0.15) is 42.9 Å². The van der Waals surface area contributed by atoms with E-state index in [1.807, 2.05) is 12.4 Å². The predicted molar refractivity (Wildman–Crippen MR) is 81.3 cm³/mol. The molecule has 1 aromatic heterocycles. The first kappa shape index (κ1) is 13.8. The second kappa shape index (κ2) is 7.73. The lowest BCUT2D eigenvalue weighted by molar-refractivity contribution is 0.675. The topological polar surface area (TPSA) is 12.9 Å². The summed E-state index contributed by atoms with van der Waals surface area (Å²) >= 11 is 0. The summed E-state index contributed by atoms with van der Waals surface area (Å²) in [5.74, 6) is 0. The van der Waals surface area contributed by atoms with Crippen LogP contribution in [-0.2, 0) is 19.3 Å². The molecule has 1 heterocycles. The molecule has 1 nitrogen and oxygen atoms in total. The average Bonchev–Trinajstić information content (AvgIpc) is 2.48. The number of benzene rings is 1. The standard InChI is InChI=1S/C18H23N/c1-2-17-15-19-14-13-18(17)12-8-4-7-11-16-9-5-3-6-10-16/h3,5-6,9-10,13-15H,2,4,7-8,11-12H2,1H3. The molecule has 0 saturated carbocycles. The molecule has 0 aliphatic rings. The molecule has 0 fully saturated rings. The molecule has 2 rings (SSSR count). The first-order chi connectivity index (χ1) is 9.40. The van der Waals surface area contributed by atoms with E-state index in [2.05, 4.69) is 48.3 Å². The Balaban J connectivity index is 1.69. The molecule has 0 saturated heterocycles. The maximum Gasteiger partial charge on any atom is 0.0302 e. The summed E-state index contributed by atoms with van der Waals surface area (Å²) in [6, 6.07) is 12.9. The largest absolute Gasteiger partial charge is 0.264 e. The van der Waals surface area contributed by atoms with Gasteiger partial charge in [0, 0.05) is 12.4 Å². The highest BCUT2D eigenvalue weighted by molar-refractivity contribution is 5.23. The molecule has 100 valence electrons. The van der Waals surface area contributed by atoms with Crippen molar-refractivity contribution in [1.82, 2.24) is 4.98 Å². The maximum absolute atomic E-state index is 4.20. The number of unbranched alkanes of at least 4 members (excludes halogenated alkanes) is 2. The quantitative estimate of drug-likeness (QED) is 0.657.